The molecule has 0 bridgehead atoms. The van der Waals surface area contributed by atoms with Crippen LogP contribution in [0.2, 0.25) is 5.02 Å². The van der Waals surface area contributed by atoms with Crippen LogP contribution in [0.15, 0.2) is 24.3 Å². The third-order valence-electron chi connectivity index (χ3n) is 3.26. The van der Waals surface area contributed by atoms with Crippen LogP contribution in [-0.2, 0) is 4.79 Å². The average Bonchev–Trinajstić information content (AvgIpc) is 2.38. The molecule has 1 amide bonds. The zero-order chi connectivity index (χ0) is 15.1. The Kier molecular flexibility index (Phi) is 7.03. The van der Waals surface area contributed by atoms with Gasteiger partial charge in [-0.15, -0.1) is 0 Å². The molecule has 3 nitrogen and oxygen atoms in total. The van der Waals surface area contributed by atoms with Gasteiger partial charge in [0.05, 0.1) is 6.04 Å². The maximum absolute atomic E-state index is 12.0. The summed E-state index contributed by atoms with van der Waals surface area (Å²) < 4.78 is 0. The van der Waals surface area contributed by atoms with Crippen molar-refractivity contribution in [2.24, 2.45) is 5.92 Å². The van der Waals surface area contributed by atoms with Crippen LogP contribution in [0.5, 0.6) is 0 Å². The van der Waals surface area contributed by atoms with E-state index in [1.807, 2.05) is 38.1 Å². The minimum absolute atomic E-state index is 0.0412. The number of carbonyl (C=O) groups is 1. The summed E-state index contributed by atoms with van der Waals surface area (Å²) in [6.07, 6.45) is 1.00. The van der Waals surface area contributed by atoms with Gasteiger partial charge in [-0.2, -0.15) is 0 Å². The molecule has 0 aromatic heterocycles. The van der Waals surface area contributed by atoms with E-state index in [2.05, 4.69) is 24.5 Å². The van der Waals surface area contributed by atoms with Crippen LogP contribution in [0.25, 0.3) is 0 Å². The largest absolute Gasteiger partial charge is 0.355 e. The molecule has 2 atom stereocenters. The normalized spacial score (nSPS) is 14.1. The van der Waals surface area contributed by atoms with Crippen LogP contribution in [0.3, 0.4) is 0 Å². The quantitative estimate of drug-likeness (QED) is 0.808. The Morgan fingerprint density at radius 1 is 1.25 bits per heavy atom. The molecule has 2 N–H and O–H groups in total. The van der Waals surface area contributed by atoms with E-state index in [0.29, 0.717) is 10.9 Å². The molecule has 1 aromatic carbocycles. The summed E-state index contributed by atoms with van der Waals surface area (Å²) >= 11 is 5.98. The van der Waals surface area contributed by atoms with Gasteiger partial charge in [0.1, 0.15) is 0 Å². The molecule has 1 aromatic rings. The number of halogens is 1. The van der Waals surface area contributed by atoms with Crippen molar-refractivity contribution < 1.29 is 4.79 Å². The van der Waals surface area contributed by atoms with Gasteiger partial charge in [0.15, 0.2) is 0 Å². The highest BCUT2D eigenvalue weighted by atomic mass is 35.5. The summed E-state index contributed by atoms with van der Waals surface area (Å²) in [5, 5.41) is 6.96. The molecule has 0 heterocycles. The Balaban J connectivity index is 2.44. The van der Waals surface area contributed by atoms with Crippen LogP contribution < -0.4 is 10.6 Å². The van der Waals surface area contributed by atoms with Crippen molar-refractivity contribution in [2.75, 3.05) is 6.54 Å². The Morgan fingerprint density at radius 2 is 1.95 bits per heavy atom. The molecule has 0 aliphatic carbocycles. The van der Waals surface area contributed by atoms with Crippen molar-refractivity contribution in [3.05, 3.63) is 34.9 Å². The van der Waals surface area contributed by atoms with Gasteiger partial charge in [0.25, 0.3) is 0 Å². The molecule has 1 rings (SSSR count). The summed E-state index contributed by atoms with van der Waals surface area (Å²) in [6.45, 7) is 8.94. The third-order valence-corrected chi connectivity index (χ3v) is 3.50. The van der Waals surface area contributed by atoms with Gasteiger partial charge < -0.3 is 5.32 Å². The molecule has 0 radical (unpaired) electrons. The lowest BCUT2D eigenvalue weighted by molar-refractivity contribution is -0.122. The van der Waals surface area contributed by atoms with Gasteiger partial charge >= 0.3 is 0 Å². The van der Waals surface area contributed by atoms with E-state index in [4.69, 9.17) is 11.6 Å². The molecule has 4 heteroatoms. The van der Waals surface area contributed by atoms with Crippen molar-refractivity contribution in [3.8, 4) is 0 Å². The number of hydrogen-bond acceptors (Lipinski definition) is 2. The fourth-order valence-corrected chi connectivity index (χ4v) is 2.16. The molecular formula is C16H25ClN2O. The average molecular weight is 297 g/mol. The lowest BCUT2D eigenvalue weighted by Crippen LogP contribution is -2.43. The molecule has 1 unspecified atom stereocenters. The summed E-state index contributed by atoms with van der Waals surface area (Å²) in [4.78, 5) is 12.0. The standard InChI is InChI=1S/C16H25ClN2O/c1-11(2)8-9-18-16(20)13(4)19-12(3)14-6-5-7-15(17)10-14/h5-7,10-13,19H,8-9H2,1-4H3,(H,18,20)/t12-,13?/m1/s1. The molecular weight excluding hydrogens is 272 g/mol. The monoisotopic (exact) mass is 296 g/mol. The summed E-state index contributed by atoms with van der Waals surface area (Å²) in [5.74, 6) is 0.642. The maximum Gasteiger partial charge on any atom is 0.236 e. The Hall–Kier alpha value is -1.06. The molecule has 0 saturated carbocycles. The Morgan fingerprint density at radius 3 is 2.55 bits per heavy atom. The van der Waals surface area contributed by atoms with Gasteiger partial charge in [0.2, 0.25) is 5.91 Å². The van der Waals surface area contributed by atoms with Crippen LogP contribution in [0.4, 0.5) is 0 Å². The lowest BCUT2D eigenvalue weighted by Gasteiger charge is -2.20. The van der Waals surface area contributed by atoms with E-state index < -0.39 is 0 Å². The summed E-state index contributed by atoms with van der Waals surface area (Å²) in [5.41, 5.74) is 1.08. The zero-order valence-corrected chi connectivity index (χ0v) is 13.5. The predicted octanol–water partition coefficient (Wildman–Crippen LogP) is 3.54. The molecule has 20 heavy (non-hydrogen) atoms. The molecule has 0 fully saturated rings. The van der Waals surface area contributed by atoms with Gasteiger partial charge in [-0.25, -0.2) is 0 Å². The number of carbonyl (C=O) groups excluding carboxylic acids is 1. The second-order valence-corrected chi connectivity index (χ2v) is 6.08. The Labute approximate surface area is 127 Å². The van der Waals surface area contributed by atoms with Crippen molar-refractivity contribution in [3.63, 3.8) is 0 Å². The van der Waals surface area contributed by atoms with Crippen molar-refractivity contribution >= 4 is 17.5 Å². The number of nitrogens with one attached hydrogen (secondary N) is 2. The summed E-state index contributed by atoms with van der Waals surface area (Å²) in [7, 11) is 0. The second-order valence-electron chi connectivity index (χ2n) is 5.64. The predicted molar refractivity (Wildman–Crippen MR) is 84.9 cm³/mol. The number of benzene rings is 1. The first-order valence-corrected chi connectivity index (χ1v) is 7.57. The number of rotatable bonds is 7. The highest BCUT2D eigenvalue weighted by Gasteiger charge is 2.16. The first-order chi connectivity index (χ1) is 9.40. The number of amides is 1. The fourth-order valence-electron chi connectivity index (χ4n) is 1.96. The Bertz CT molecular complexity index is 434. The third kappa shape index (κ3) is 5.93. The molecule has 112 valence electrons. The molecule has 0 aliphatic heterocycles. The van der Waals surface area contributed by atoms with E-state index in [0.717, 1.165) is 18.5 Å². The second kappa shape index (κ2) is 8.28. The molecule has 0 saturated heterocycles. The lowest BCUT2D eigenvalue weighted by atomic mass is 10.1. The topological polar surface area (TPSA) is 41.1 Å². The van der Waals surface area contributed by atoms with Crippen molar-refractivity contribution in [1.82, 2.24) is 10.6 Å². The van der Waals surface area contributed by atoms with Crippen molar-refractivity contribution in [1.29, 1.82) is 0 Å². The first kappa shape index (κ1) is 17.0. The van der Waals surface area contributed by atoms with Gasteiger partial charge in [-0.1, -0.05) is 37.6 Å². The first-order valence-electron chi connectivity index (χ1n) is 7.19. The smallest absolute Gasteiger partial charge is 0.236 e. The molecule has 0 spiro atoms. The number of hydrogen-bond donors (Lipinski definition) is 2. The highest BCUT2D eigenvalue weighted by molar-refractivity contribution is 6.30. The van der Waals surface area contributed by atoms with Crippen LogP contribution in [-0.4, -0.2) is 18.5 Å². The van der Waals surface area contributed by atoms with E-state index in [9.17, 15) is 4.79 Å². The maximum atomic E-state index is 12.0. The van der Waals surface area contributed by atoms with E-state index in [1.54, 1.807) is 0 Å². The SMILES string of the molecule is CC(C)CCNC(=O)C(C)N[C@H](C)c1cccc(Cl)c1. The van der Waals surface area contributed by atoms with Crippen LogP contribution in [0.1, 0.15) is 45.7 Å². The highest BCUT2D eigenvalue weighted by Crippen LogP contribution is 2.17. The van der Waals surface area contributed by atoms with Gasteiger partial charge in [0, 0.05) is 17.6 Å². The molecule has 0 aliphatic rings. The van der Waals surface area contributed by atoms with Crippen molar-refractivity contribution in [2.45, 2.75) is 46.2 Å². The van der Waals surface area contributed by atoms with Gasteiger partial charge in [-0.05, 0) is 43.9 Å². The van der Waals surface area contributed by atoms with E-state index >= 15 is 0 Å². The minimum Gasteiger partial charge on any atom is -0.355 e. The van der Waals surface area contributed by atoms with Crippen LogP contribution >= 0.6 is 11.6 Å². The van der Waals surface area contributed by atoms with Gasteiger partial charge in [-0.3, -0.25) is 10.1 Å². The van der Waals surface area contributed by atoms with Crippen LogP contribution in [0, 0.1) is 5.92 Å². The zero-order valence-electron chi connectivity index (χ0n) is 12.7. The van der Waals surface area contributed by atoms with E-state index in [1.165, 1.54) is 0 Å². The fraction of sp³-hybridized carbons (Fsp3) is 0.562. The minimum atomic E-state index is -0.226. The summed E-state index contributed by atoms with van der Waals surface area (Å²) in [6, 6.07) is 7.55. The van der Waals surface area contributed by atoms with E-state index in [-0.39, 0.29) is 18.0 Å².